The Kier molecular flexibility index (Phi) is 63.3. The number of esters is 2. The van der Waals surface area contributed by atoms with Crippen molar-refractivity contribution in [1.82, 2.24) is 0 Å². The second kappa shape index (κ2) is 64.2. The van der Waals surface area contributed by atoms with Crippen LogP contribution in [0.5, 0.6) is 0 Å². The van der Waals surface area contributed by atoms with Crippen molar-refractivity contribution in [2.75, 3.05) is 47.5 Å². The number of phosphoric acid groups is 1. The first-order valence-corrected chi connectivity index (χ1v) is 37.9. The maximum Gasteiger partial charge on any atom is 0.472 e. The van der Waals surface area contributed by atoms with Crippen LogP contribution in [0.1, 0.15) is 386 Å². The van der Waals surface area contributed by atoms with E-state index in [0.29, 0.717) is 23.9 Å². The van der Waals surface area contributed by atoms with Gasteiger partial charge in [0.25, 0.3) is 0 Å². The van der Waals surface area contributed by atoms with Gasteiger partial charge in [-0.3, -0.25) is 18.6 Å². The molecule has 0 aliphatic rings. The normalized spacial score (nSPS) is 13.1. The largest absolute Gasteiger partial charge is 0.472 e. The maximum atomic E-state index is 12.8. The molecule has 0 aromatic carbocycles. The molecular formula is C72H143NO8P+. The highest BCUT2D eigenvalue weighted by Gasteiger charge is 2.27. The molecule has 488 valence electrons. The van der Waals surface area contributed by atoms with Gasteiger partial charge in [-0.25, -0.2) is 4.57 Å². The van der Waals surface area contributed by atoms with E-state index in [2.05, 4.69) is 26.0 Å². The molecule has 82 heavy (non-hydrogen) atoms. The predicted molar refractivity (Wildman–Crippen MR) is 354 cm³/mol. The maximum absolute atomic E-state index is 12.8. The van der Waals surface area contributed by atoms with Gasteiger partial charge in [-0.1, -0.05) is 347 Å². The number of unbranched alkanes of at least 4 members (excludes halogenated alkanes) is 53. The van der Waals surface area contributed by atoms with Crippen LogP contribution in [0.15, 0.2) is 12.2 Å². The van der Waals surface area contributed by atoms with Crippen LogP contribution < -0.4 is 0 Å². The van der Waals surface area contributed by atoms with E-state index < -0.39 is 26.5 Å². The number of carbonyl (C=O) groups is 2. The Labute approximate surface area is 511 Å². The van der Waals surface area contributed by atoms with Crippen LogP contribution in [0.25, 0.3) is 0 Å². The Morgan fingerprint density at radius 1 is 0.366 bits per heavy atom. The summed E-state index contributed by atoms with van der Waals surface area (Å²) in [7, 11) is 1.50. The van der Waals surface area contributed by atoms with Crippen LogP contribution in [-0.4, -0.2) is 74.9 Å². The van der Waals surface area contributed by atoms with E-state index in [1.807, 2.05) is 21.1 Å². The molecule has 1 N–H and O–H groups in total. The lowest BCUT2D eigenvalue weighted by atomic mass is 10.0. The molecule has 9 nitrogen and oxygen atoms in total. The molecule has 0 aliphatic heterocycles. The molecule has 2 atom stereocenters. The summed E-state index contributed by atoms with van der Waals surface area (Å²) in [5.41, 5.74) is 0. The highest BCUT2D eigenvalue weighted by atomic mass is 31.2. The van der Waals surface area contributed by atoms with Crippen LogP contribution in [0.2, 0.25) is 0 Å². The number of nitrogens with zero attached hydrogens (tertiary/aromatic N) is 1. The van der Waals surface area contributed by atoms with Crippen LogP contribution in [-0.2, 0) is 32.7 Å². The number of likely N-dealkylation sites (N-methyl/N-ethyl adjacent to an activating group) is 1. The van der Waals surface area contributed by atoms with E-state index in [9.17, 15) is 19.0 Å². The molecule has 2 unspecified atom stereocenters. The Balaban J connectivity index is 3.85. The Morgan fingerprint density at radius 2 is 0.622 bits per heavy atom. The van der Waals surface area contributed by atoms with E-state index in [1.54, 1.807) is 0 Å². The van der Waals surface area contributed by atoms with Crippen LogP contribution in [0.4, 0.5) is 0 Å². The molecule has 0 spiro atoms. The summed E-state index contributed by atoms with van der Waals surface area (Å²) in [5.74, 6) is -0.777. The smallest absolute Gasteiger partial charge is 0.462 e. The number of carbonyl (C=O) groups excluding carboxylic acids is 2. The fraction of sp³-hybridized carbons (Fsp3) is 0.944. The molecule has 0 rings (SSSR count). The third-order valence-corrected chi connectivity index (χ3v) is 17.8. The van der Waals surface area contributed by atoms with Crippen LogP contribution in [0.3, 0.4) is 0 Å². The molecule has 0 bridgehead atoms. The Hall–Kier alpha value is -1.25. The van der Waals surface area contributed by atoms with E-state index in [4.69, 9.17) is 18.5 Å². The molecule has 0 aromatic heterocycles. The van der Waals surface area contributed by atoms with Crippen molar-refractivity contribution in [3.8, 4) is 0 Å². The first-order valence-electron chi connectivity index (χ1n) is 36.4. The molecule has 0 aromatic rings. The summed E-state index contributed by atoms with van der Waals surface area (Å²) in [4.78, 5) is 35.8. The van der Waals surface area contributed by atoms with Crippen LogP contribution in [0, 0.1) is 0 Å². The summed E-state index contributed by atoms with van der Waals surface area (Å²) in [5, 5.41) is 0. The zero-order valence-corrected chi connectivity index (χ0v) is 56.7. The lowest BCUT2D eigenvalue weighted by molar-refractivity contribution is -0.870. The minimum absolute atomic E-state index is 0.0352. The van der Waals surface area contributed by atoms with Gasteiger partial charge in [-0.15, -0.1) is 0 Å². The van der Waals surface area contributed by atoms with Gasteiger partial charge in [0.05, 0.1) is 27.7 Å². The topological polar surface area (TPSA) is 108 Å². The summed E-state index contributed by atoms with van der Waals surface area (Å²) in [6, 6.07) is 0. The summed E-state index contributed by atoms with van der Waals surface area (Å²) >= 11 is 0. The summed E-state index contributed by atoms with van der Waals surface area (Å²) < 4.78 is 34.7. The molecule has 0 radical (unpaired) electrons. The highest BCUT2D eigenvalue weighted by Crippen LogP contribution is 2.43. The molecule has 10 heteroatoms. The average molecular weight is 1180 g/mol. The number of rotatable bonds is 69. The molecule has 0 amide bonds. The van der Waals surface area contributed by atoms with Crippen molar-refractivity contribution in [1.29, 1.82) is 0 Å². The van der Waals surface area contributed by atoms with Gasteiger partial charge in [0, 0.05) is 12.8 Å². The van der Waals surface area contributed by atoms with Crippen molar-refractivity contribution in [2.45, 2.75) is 392 Å². The number of phosphoric ester groups is 1. The number of hydrogen-bond donors (Lipinski definition) is 1. The van der Waals surface area contributed by atoms with Gasteiger partial charge in [-0.05, 0) is 38.5 Å². The first-order chi connectivity index (χ1) is 40.0. The quantitative estimate of drug-likeness (QED) is 0.0211. The molecule has 0 saturated carbocycles. The van der Waals surface area contributed by atoms with Gasteiger partial charge in [0.1, 0.15) is 19.8 Å². The number of allylic oxidation sites excluding steroid dienone is 2. The van der Waals surface area contributed by atoms with Gasteiger partial charge in [0.15, 0.2) is 6.10 Å². The zero-order valence-electron chi connectivity index (χ0n) is 55.8. The summed E-state index contributed by atoms with van der Waals surface area (Å²) in [6.07, 6.45) is 79.2. The van der Waals surface area contributed by atoms with Crippen molar-refractivity contribution >= 4 is 19.8 Å². The second-order valence-electron chi connectivity index (χ2n) is 26.3. The van der Waals surface area contributed by atoms with Crippen molar-refractivity contribution in [3.63, 3.8) is 0 Å². The minimum Gasteiger partial charge on any atom is -0.462 e. The standard InChI is InChI=1S/C72H142NO8P/c1-6-8-10-12-14-16-18-20-22-24-26-27-28-29-30-31-32-33-34-35-36-37-38-39-40-41-42-43-44-45-47-48-50-52-54-56-58-60-62-64-71(74)78-68-70(69-80-82(76,77)79-67-66-73(3,4)5)81-72(75)65-63-61-59-57-55-53-51-49-46-25-23-21-19-17-15-13-11-9-7-2/h21,23,70H,6-20,22,24-69H2,1-5H3/p+1/b23-21-. The van der Waals surface area contributed by atoms with E-state index in [0.717, 1.165) is 32.1 Å². The third-order valence-electron chi connectivity index (χ3n) is 16.8. The number of hydrogen-bond acceptors (Lipinski definition) is 7. The Morgan fingerprint density at radius 3 is 0.902 bits per heavy atom. The molecule has 0 heterocycles. The molecule has 0 aliphatic carbocycles. The predicted octanol–water partition coefficient (Wildman–Crippen LogP) is 23.5. The fourth-order valence-electron chi connectivity index (χ4n) is 11.2. The molecule has 0 fully saturated rings. The first kappa shape index (κ1) is 80.8. The van der Waals surface area contributed by atoms with E-state index in [-0.39, 0.29) is 25.6 Å². The molecule has 0 saturated heterocycles. The second-order valence-corrected chi connectivity index (χ2v) is 27.8. The third kappa shape index (κ3) is 67.9. The lowest BCUT2D eigenvalue weighted by Gasteiger charge is -2.24. The van der Waals surface area contributed by atoms with Crippen molar-refractivity contribution in [3.05, 3.63) is 12.2 Å². The SMILES string of the molecule is CCCCCCCC/C=C\CCCCCCCCCCCC(=O)OC(COC(=O)CCCCCCCCCCCCCCCCCCCCCCCCCCCCCCCCCCCCCCCCC)COP(=O)(O)OCC[N+](C)(C)C. The van der Waals surface area contributed by atoms with Crippen LogP contribution >= 0.6 is 7.82 Å². The van der Waals surface area contributed by atoms with Crippen molar-refractivity contribution < 1.29 is 42.1 Å². The monoisotopic (exact) mass is 1180 g/mol. The fourth-order valence-corrected chi connectivity index (χ4v) is 11.9. The van der Waals surface area contributed by atoms with Crippen molar-refractivity contribution in [2.24, 2.45) is 0 Å². The average Bonchev–Trinajstić information content (AvgIpc) is 3.46. The number of quaternary nitrogens is 1. The van der Waals surface area contributed by atoms with Gasteiger partial charge in [-0.2, -0.15) is 0 Å². The van der Waals surface area contributed by atoms with Gasteiger partial charge >= 0.3 is 19.8 Å². The van der Waals surface area contributed by atoms with E-state index in [1.165, 1.54) is 321 Å². The highest BCUT2D eigenvalue weighted by molar-refractivity contribution is 7.47. The minimum atomic E-state index is -4.39. The van der Waals surface area contributed by atoms with E-state index >= 15 is 0 Å². The van der Waals surface area contributed by atoms with Gasteiger partial charge in [0.2, 0.25) is 0 Å². The zero-order chi connectivity index (χ0) is 59.8. The number of ether oxygens (including phenoxy) is 2. The van der Waals surface area contributed by atoms with Gasteiger partial charge < -0.3 is 18.9 Å². The molecular weight excluding hydrogens is 1040 g/mol. The lowest BCUT2D eigenvalue weighted by Crippen LogP contribution is -2.37. The Bertz CT molecular complexity index is 1390. The summed E-state index contributed by atoms with van der Waals surface area (Å²) in [6.45, 7) is 4.50.